The summed E-state index contributed by atoms with van der Waals surface area (Å²) in [5, 5.41) is 8.30. The number of halogens is 1. The number of nitrogens with two attached hydrogens (primary N) is 1. The Morgan fingerprint density at radius 3 is 2.87 bits per heavy atom. The van der Waals surface area contributed by atoms with Gasteiger partial charge in [0.1, 0.15) is 16.0 Å². The highest BCUT2D eigenvalue weighted by molar-refractivity contribution is 7.99. The van der Waals surface area contributed by atoms with Crippen molar-refractivity contribution < 1.29 is 0 Å². The molecule has 0 amide bonds. The molecule has 0 radical (unpaired) electrons. The fourth-order valence-electron chi connectivity index (χ4n) is 0.965. The summed E-state index contributed by atoms with van der Waals surface area (Å²) >= 11 is 7.03. The molecular formula is C8H8ClN5S. The van der Waals surface area contributed by atoms with Crippen LogP contribution < -0.4 is 5.73 Å². The molecule has 0 aromatic carbocycles. The summed E-state index contributed by atoms with van der Waals surface area (Å²) in [5.74, 6) is 0.748. The van der Waals surface area contributed by atoms with Crippen LogP contribution in [0.1, 0.15) is 5.82 Å². The topological polar surface area (TPSA) is 80.5 Å². The normalized spacial score (nSPS) is 10.5. The third-order valence-electron chi connectivity index (χ3n) is 1.62. The molecule has 0 atom stereocenters. The number of H-pyrrole nitrogens is 1. The van der Waals surface area contributed by atoms with Crippen LogP contribution >= 0.6 is 23.4 Å². The molecule has 0 spiro atoms. The summed E-state index contributed by atoms with van der Waals surface area (Å²) in [6.07, 6.45) is 0. The predicted octanol–water partition coefficient (Wildman–Crippen LogP) is 1.89. The first-order chi connectivity index (χ1) is 7.15. The number of aryl methyl sites for hydroxylation is 1. The van der Waals surface area contributed by atoms with E-state index in [2.05, 4.69) is 20.2 Å². The fourth-order valence-corrected chi connectivity index (χ4v) is 1.94. The monoisotopic (exact) mass is 241 g/mol. The van der Waals surface area contributed by atoms with E-state index in [1.54, 1.807) is 12.1 Å². The predicted molar refractivity (Wildman–Crippen MR) is 58.9 cm³/mol. The Morgan fingerprint density at radius 1 is 1.40 bits per heavy atom. The molecule has 3 N–H and O–H groups in total. The molecule has 0 bridgehead atoms. The first-order valence-corrected chi connectivity index (χ1v) is 5.33. The molecule has 2 aromatic heterocycles. The second-order valence-electron chi connectivity index (χ2n) is 2.83. The van der Waals surface area contributed by atoms with Crippen molar-refractivity contribution in [2.45, 2.75) is 17.1 Å². The zero-order valence-electron chi connectivity index (χ0n) is 7.86. The van der Waals surface area contributed by atoms with Crippen molar-refractivity contribution >= 4 is 29.1 Å². The average Bonchev–Trinajstić information content (AvgIpc) is 2.58. The minimum Gasteiger partial charge on any atom is -0.397 e. The number of hydrogen-bond donors (Lipinski definition) is 2. The van der Waals surface area contributed by atoms with Gasteiger partial charge in [0.25, 0.3) is 0 Å². The molecular weight excluding hydrogens is 234 g/mol. The van der Waals surface area contributed by atoms with Gasteiger partial charge in [0.2, 0.25) is 5.16 Å². The molecule has 5 nitrogen and oxygen atoms in total. The van der Waals surface area contributed by atoms with E-state index in [0.717, 1.165) is 5.82 Å². The van der Waals surface area contributed by atoms with Crippen LogP contribution in [0.25, 0.3) is 0 Å². The zero-order valence-corrected chi connectivity index (χ0v) is 9.43. The number of anilines is 1. The molecule has 0 aliphatic heterocycles. The average molecular weight is 242 g/mol. The molecule has 0 unspecified atom stereocenters. The van der Waals surface area contributed by atoms with Gasteiger partial charge in [0, 0.05) is 0 Å². The van der Waals surface area contributed by atoms with Gasteiger partial charge < -0.3 is 5.73 Å². The zero-order chi connectivity index (χ0) is 10.8. The van der Waals surface area contributed by atoms with E-state index in [-0.39, 0.29) is 0 Å². The number of hydrogen-bond acceptors (Lipinski definition) is 5. The maximum absolute atomic E-state index is 5.76. The van der Waals surface area contributed by atoms with E-state index in [4.69, 9.17) is 17.3 Å². The number of nitrogens with zero attached hydrogens (tertiary/aromatic N) is 3. The Bertz CT molecular complexity index is 484. The Balaban J connectivity index is 2.27. The number of nitrogen functional groups attached to an aromatic ring is 1. The maximum atomic E-state index is 5.76. The quantitative estimate of drug-likeness (QED) is 0.785. The molecule has 78 valence electrons. The molecule has 15 heavy (non-hydrogen) atoms. The Hall–Kier alpha value is -1.27. The number of aromatic nitrogens is 4. The largest absolute Gasteiger partial charge is 0.397 e. The van der Waals surface area contributed by atoms with Crippen molar-refractivity contribution in [2.24, 2.45) is 0 Å². The van der Waals surface area contributed by atoms with Gasteiger partial charge in [-0.2, -0.15) is 0 Å². The molecule has 0 fully saturated rings. The van der Waals surface area contributed by atoms with E-state index in [1.165, 1.54) is 11.8 Å². The number of aromatic amines is 1. The number of pyridine rings is 1. The number of rotatable bonds is 2. The fraction of sp³-hybridized carbons (Fsp3) is 0.125. The first-order valence-electron chi connectivity index (χ1n) is 4.14. The van der Waals surface area contributed by atoms with Gasteiger partial charge in [-0.3, -0.25) is 5.10 Å². The van der Waals surface area contributed by atoms with Crippen LogP contribution in [0.15, 0.2) is 22.3 Å². The van der Waals surface area contributed by atoms with Crippen molar-refractivity contribution in [3.05, 3.63) is 23.1 Å². The Labute approximate surface area is 95.5 Å². The van der Waals surface area contributed by atoms with E-state index in [0.29, 0.717) is 21.0 Å². The van der Waals surface area contributed by atoms with Crippen LogP contribution in [-0.2, 0) is 0 Å². The van der Waals surface area contributed by atoms with E-state index >= 15 is 0 Å². The second kappa shape index (κ2) is 4.08. The van der Waals surface area contributed by atoms with Crippen LogP contribution in [0.2, 0.25) is 5.15 Å². The van der Waals surface area contributed by atoms with Crippen LogP contribution in [-0.4, -0.2) is 20.2 Å². The van der Waals surface area contributed by atoms with Crippen molar-refractivity contribution in [1.82, 2.24) is 20.2 Å². The van der Waals surface area contributed by atoms with Crippen LogP contribution in [0, 0.1) is 6.92 Å². The third-order valence-corrected chi connectivity index (χ3v) is 2.72. The maximum Gasteiger partial charge on any atom is 0.214 e. The van der Waals surface area contributed by atoms with Crippen LogP contribution in [0.3, 0.4) is 0 Å². The van der Waals surface area contributed by atoms with Gasteiger partial charge in [-0.05, 0) is 30.8 Å². The second-order valence-corrected chi connectivity index (χ2v) is 4.18. The summed E-state index contributed by atoms with van der Waals surface area (Å²) < 4.78 is 0. The van der Waals surface area contributed by atoms with E-state index < -0.39 is 0 Å². The van der Waals surface area contributed by atoms with Crippen molar-refractivity contribution in [3.8, 4) is 0 Å². The molecule has 0 saturated carbocycles. The smallest absolute Gasteiger partial charge is 0.214 e. The SMILES string of the molecule is Cc1nc(Sc2nc(Cl)ccc2N)n[nH]1. The van der Waals surface area contributed by atoms with Crippen molar-refractivity contribution in [2.75, 3.05) is 5.73 Å². The lowest BCUT2D eigenvalue weighted by Gasteiger charge is -2.00. The van der Waals surface area contributed by atoms with Gasteiger partial charge in [-0.1, -0.05) is 11.6 Å². The van der Waals surface area contributed by atoms with Crippen LogP contribution in [0.4, 0.5) is 5.69 Å². The van der Waals surface area contributed by atoms with Crippen molar-refractivity contribution in [3.63, 3.8) is 0 Å². The van der Waals surface area contributed by atoms with Crippen molar-refractivity contribution in [1.29, 1.82) is 0 Å². The highest BCUT2D eigenvalue weighted by Gasteiger charge is 2.08. The van der Waals surface area contributed by atoms with Gasteiger partial charge >= 0.3 is 0 Å². The lowest BCUT2D eigenvalue weighted by atomic mass is 10.4. The summed E-state index contributed by atoms with van der Waals surface area (Å²) in [6, 6.07) is 3.35. The highest BCUT2D eigenvalue weighted by Crippen LogP contribution is 2.28. The number of nitrogens with one attached hydrogen (secondary N) is 1. The molecule has 7 heteroatoms. The minimum absolute atomic E-state index is 0.402. The summed E-state index contributed by atoms with van der Waals surface area (Å²) in [7, 11) is 0. The molecule has 2 aromatic rings. The molecule has 0 aliphatic carbocycles. The van der Waals surface area contributed by atoms with E-state index in [9.17, 15) is 0 Å². The third kappa shape index (κ3) is 2.40. The lowest BCUT2D eigenvalue weighted by molar-refractivity contribution is 0.965. The lowest BCUT2D eigenvalue weighted by Crippen LogP contribution is -1.92. The summed E-state index contributed by atoms with van der Waals surface area (Å²) in [4.78, 5) is 8.22. The summed E-state index contributed by atoms with van der Waals surface area (Å²) in [5.41, 5.74) is 6.30. The van der Waals surface area contributed by atoms with Gasteiger partial charge in [-0.15, -0.1) is 5.10 Å². The van der Waals surface area contributed by atoms with Gasteiger partial charge in [0.05, 0.1) is 5.69 Å². The van der Waals surface area contributed by atoms with E-state index in [1.807, 2.05) is 6.92 Å². The molecule has 2 rings (SSSR count). The Kier molecular flexibility index (Phi) is 2.79. The minimum atomic E-state index is 0.402. The first kappa shape index (κ1) is 10.3. The van der Waals surface area contributed by atoms with Gasteiger partial charge in [-0.25, -0.2) is 9.97 Å². The molecule has 2 heterocycles. The summed E-state index contributed by atoms with van der Waals surface area (Å²) in [6.45, 7) is 1.83. The molecule has 0 saturated heterocycles. The Morgan fingerprint density at radius 2 is 2.20 bits per heavy atom. The van der Waals surface area contributed by atoms with Gasteiger partial charge in [0.15, 0.2) is 0 Å². The van der Waals surface area contributed by atoms with Crippen LogP contribution in [0.5, 0.6) is 0 Å². The standard InChI is InChI=1S/C8H8ClN5S/c1-4-11-8(14-13-4)15-7-5(10)2-3-6(9)12-7/h2-3H,10H2,1H3,(H,11,13,14). The highest BCUT2D eigenvalue weighted by atomic mass is 35.5. The molecule has 0 aliphatic rings.